The first-order valence-electron chi connectivity index (χ1n) is 15.0. The van der Waals surface area contributed by atoms with Gasteiger partial charge in [0.2, 0.25) is 0 Å². The molecule has 1 aliphatic heterocycles. The third kappa shape index (κ3) is 5.77. The van der Waals surface area contributed by atoms with Crippen molar-refractivity contribution < 1.29 is 61.1 Å². The highest BCUT2D eigenvalue weighted by Gasteiger charge is 2.74. The van der Waals surface area contributed by atoms with Gasteiger partial charge in [0.1, 0.15) is 18.3 Å². The van der Waals surface area contributed by atoms with Crippen LogP contribution in [0.1, 0.15) is 53.0 Å². The van der Waals surface area contributed by atoms with Gasteiger partial charge in [-0.15, -0.1) is 0 Å². The fourth-order valence-corrected chi connectivity index (χ4v) is 7.30. The second kappa shape index (κ2) is 12.6. The van der Waals surface area contributed by atoms with Crippen LogP contribution in [0.3, 0.4) is 0 Å². The summed E-state index contributed by atoms with van der Waals surface area (Å²) in [5.74, 6) is -6.98. The van der Waals surface area contributed by atoms with Crippen LogP contribution in [0.5, 0.6) is 0 Å². The number of rotatable bonds is 8. The summed E-state index contributed by atoms with van der Waals surface area (Å²) in [4.78, 5) is 53.3. The number of carbonyl (C=O) groups excluding carboxylic acids is 4. The number of hydrogen-bond acceptors (Lipinski definition) is 10. The lowest BCUT2D eigenvalue weighted by atomic mass is 9.48. The van der Waals surface area contributed by atoms with Crippen molar-refractivity contribution in [1.82, 2.24) is 0 Å². The topological polar surface area (TPSA) is 135 Å². The maximum Gasteiger partial charge on any atom is 0.432 e. The number of carbonyl (C=O) groups is 4. The first-order chi connectivity index (χ1) is 21.8. The standard InChI is InChI=1S/C34H39F3O10/c1-9-18(4)28(39)46-24-22-19(5)29(40)47-26(24)32(7)21(15-16-31(6,42)25(32)23(22)45-27(38)17(2)3)44-30(41)33(43-8,34(35,36)37)20-13-11-10-12-14-20/h9-14,21-26,42H,2,5,15-16H2,1,3-4,6-8H3/b18-9+/t21-,22-,23-,24-,25+,26-,31-,32+,33+/m0/s1. The number of aliphatic hydroxyl groups is 1. The van der Waals surface area contributed by atoms with E-state index in [1.54, 1.807) is 6.92 Å². The SMILES string of the molecule is C=C(C)C(=O)O[C@H]1[C@@H]2C(=C)C(=O)O[C@@H]([C@H]2OC(=O)/C(C)=C/C)[C@]2(C)[C@@H](OC(=O)[C@](OC)(c3ccccc3)C(F)(F)F)CC[C@](C)(O)[C@@H]12. The molecule has 2 saturated carbocycles. The van der Waals surface area contributed by atoms with Gasteiger partial charge in [0.15, 0.2) is 6.10 Å². The van der Waals surface area contributed by atoms with Crippen molar-refractivity contribution in [3.63, 3.8) is 0 Å². The smallest absolute Gasteiger partial charge is 0.432 e. The zero-order valence-electron chi connectivity index (χ0n) is 27.0. The Hall–Kier alpha value is -3.97. The van der Waals surface area contributed by atoms with Crippen molar-refractivity contribution in [3.8, 4) is 0 Å². The van der Waals surface area contributed by atoms with Gasteiger partial charge < -0.3 is 28.8 Å². The van der Waals surface area contributed by atoms with Crippen LogP contribution in [0.25, 0.3) is 0 Å². The van der Waals surface area contributed by atoms with E-state index >= 15 is 0 Å². The quantitative estimate of drug-likeness (QED) is 0.238. The summed E-state index contributed by atoms with van der Waals surface area (Å²) >= 11 is 0. The van der Waals surface area contributed by atoms with E-state index < -0.39 is 88.5 Å². The Kier molecular flexibility index (Phi) is 9.59. The van der Waals surface area contributed by atoms with E-state index in [1.165, 1.54) is 52.0 Å². The Morgan fingerprint density at radius 3 is 2.17 bits per heavy atom. The Morgan fingerprint density at radius 1 is 1.04 bits per heavy atom. The molecule has 4 rings (SSSR count). The molecule has 2 aliphatic carbocycles. The number of alkyl halides is 3. The van der Waals surface area contributed by atoms with Crippen LogP contribution in [-0.2, 0) is 48.5 Å². The molecular formula is C34H39F3O10. The van der Waals surface area contributed by atoms with E-state index in [0.29, 0.717) is 0 Å². The Balaban J connectivity index is 1.93. The molecule has 47 heavy (non-hydrogen) atoms. The molecule has 0 aromatic heterocycles. The highest BCUT2D eigenvalue weighted by atomic mass is 19.4. The summed E-state index contributed by atoms with van der Waals surface area (Å²) in [5.41, 5.74) is -7.71. The van der Waals surface area contributed by atoms with Gasteiger partial charge in [-0.25, -0.2) is 19.2 Å². The average Bonchev–Trinajstić information content (AvgIpc) is 2.99. The molecular weight excluding hydrogens is 625 g/mol. The molecule has 256 valence electrons. The molecule has 0 radical (unpaired) electrons. The molecule has 3 fully saturated rings. The minimum Gasteiger partial charge on any atom is -0.459 e. The number of benzene rings is 1. The van der Waals surface area contributed by atoms with Gasteiger partial charge in [-0.3, -0.25) is 0 Å². The van der Waals surface area contributed by atoms with E-state index in [4.69, 9.17) is 23.7 Å². The number of esters is 4. The van der Waals surface area contributed by atoms with Crippen LogP contribution in [0, 0.1) is 17.3 Å². The molecule has 3 aliphatic rings. The monoisotopic (exact) mass is 664 g/mol. The van der Waals surface area contributed by atoms with Crippen LogP contribution in [-0.4, -0.2) is 72.3 Å². The molecule has 1 heterocycles. The van der Waals surface area contributed by atoms with Gasteiger partial charge in [-0.1, -0.05) is 56.5 Å². The predicted molar refractivity (Wildman–Crippen MR) is 159 cm³/mol. The Morgan fingerprint density at radius 2 is 1.64 bits per heavy atom. The average molecular weight is 665 g/mol. The zero-order valence-corrected chi connectivity index (χ0v) is 27.0. The van der Waals surface area contributed by atoms with E-state index in [1.807, 2.05) is 0 Å². The first kappa shape index (κ1) is 35.9. The normalized spacial score (nSPS) is 33.4. The zero-order chi connectivity index (χ0) is 35.3. The molecule has 1 aromatic rings. The molecule has 0 spiro atoms. The van der Waals surface area contributed by atoms with Crippen LogP contribution < -0.4 is 0 Å². The minimum absolute atomic E-state index is 0.0347. The predicted octanol–water partition coefficient (Wildman–Crippen LogP) is 4.65. The maximum absolute atomic E-state index is 14.8. The highest BCUT2D eigenvalue weighted by molar-refractivity contribution is 5.92. The lowest BCUT2D eigenvalue weighted by Gasteiger charge is -2.64. The molecule has 1 aromatic carbocycles. The third-order valence-electron chi connectivity index (χ3n) is 9.81. The summed E-state index contributed by atoms with van der Waals surface area (Å²) in [6.45, 7) is 14.7. The van der Waals surface area contributed by atoms with E-state index in [2.05, 4.69) is 13.2 Å². The van der Waals surface area contributed by atoms with Gasteiger partial charge in [-0.2, -0.15) is 13.2 Å². The third-order valence-corrected chi connectivity index (χ3v) is 9.81. The fourth-order valence-electron chi connectivity index (χ4n) is 7.30. The van der Waals surface area contributed by atoms with E-state index in [0.717, 1.165) is 19.2 Å². The summed E-state index contributed by atoms with van der Waals surface area (Å²) in [6.07, 6.45) is -10.0. The van der Waals surface area contributed by atoms with Crippen molar-refractivity contribution >= 4 is 23.9 Å². The number of halogens is 3. The van der Waals surface area contributed by atoms with Gasteiger partial charge in [0, 0.05) is 35.3 Å². The van der Waals surface area contributed by atoms with Gasteiger partial charge in [-0.05, 0) is 40.5 Å². The number of hydrogen-bond donors (Lipinski definition) is 1. The number of methoxy groups -OCH3 is 1. The van der Waals surface area contributed by atoms with E-state index in [-0.39, 0.29) is 29.6 Å². The lowest BCUT2D eigenvalue weighted by Crippen LogP contribution is -2.75. The second-order valence-corrected chi connectivity index (χ2v) is 12.8. The molecule has 13 heteroatoms. The number of allylic oxidation sites excluding steroid dienone is 1. The molecule has 0 unspecified atom stereocenters. The minimum atomic E-state index is -5.30. The highest BCUT2D eigenvalue weighted by Crippen LogP contribution is 2.61. The van der Waals surface area contributed by atoms with Crippen molar-refractivity contribution in [2.75, 3.05) is 7.11 Å². The molecule has 1 saturated heterocycles. The van der Waals surface area contributed by atoms with Crippen LogP contribution >= 0.6 is 0 Å². The lowest BCUT2D eigenvalue weighted by molar-refractivity contribution is -0.306. The van der Waals surface area contributed by atoms with Crippen molar-refractivity contribution in [1.29, 1.82) is 0 Å². The molecule has 1 N–H and O–H groups in total. The first-order valence-corrected chi connectivity index (χ1v) is 15.0. The Labute approximate surface area is 270 Å². The summed E-state index contributed by atoms with van der Waals surface area (Å²) in [7, 11) is 0.726. The number of fused-ring (bicyclic) bond motifs is 4. The summed E-state index contributed by atoms with van der Waals surface area (Å²) < 4.78 is 72.7. The Bertz CT molecular complexity index is 1500. The molecule has 9 atom stereocenters. The summed E-state index contributed by atoms with van der Waals surface area (Å²) in [5, 5.41) is 11.9. The van der Waals surface area contributed by atoms with Crippen molar-refractivity contribution in [3.05, 3.63) is 71.8 Å². The summed E-state index contributed by atoms with van der Waals surface area (Å²) in [6, 6.07) is 6.21. The maximum atomic E-state index is 14.8. The fraction of sp³-hybridized carbons (Fsp3) is 0.529. The van der Waals surface area contributed by atoms with Crippen LogP contribution in [0.15, 0.2) is 66.3 Å². The van der Waals surface area contributed by atoms with Gasteiger partial charge in [0.05, 0.1) is 16.9 Å². The van der Waals surface area contributed by atoms with Gasteiger partial charge in [0.25, 0.3) is 5.60 Å². The molecule has 0 amide bonds. The van der Waals surface area contributed by atoms with Gasteiger partial charge >= 0.3 is 30.1 Å². The van der Waals surface area contributed by atoms with E-state index in [9.17, 15) is 37.5 Å². The second-order valence-electron chi connectivity index (χ2n) is 12.8. The van der Waals surface area contributed by atoms with Crippen molar-refractivity contribution in [2.45, 2.75) is 89.3 Å². The largest absolute Gasteiger partial charge is 0.459 e. The van der Waals surface area contributed by atoms with Crippen molar-refractivity contribution in [2.24, 2.45) is 17.3 Å². The van der Waals surface area contributed by atoms with Crippen LogP contribution in [0.2, 0.25) is 0 Å². The van der Waals surface area contributed by atoms with Crippen LogP contribution in [0.4, 0.5) is 13.2 Å². The molecule has 2 bridgehead atoms. The number of ether oxygens (including phenoxy) is 5. The molecule has 10 nitrogen and oxygen atoms in total.